The summed E-state index contributed by atoms with van der Waals surface area (Å²) < 4.78 is 1.97. The Balaban J connectivity index is 1.89. The second-order valence-corrected chi connectivity index (χ2v) is 6.88. The molecule has 1 aromatic heterocycles. The summed E-state index contributed by atoms with van der Waals surface area (Å²) in [6, 6.07) is 7.77. The summed E-state index contributed by atoms with van der Waals surface area (Å²) in [5, 5.41) is 14.2. The normalized spacial score (nSPS) is 15.7. The van der Waals surface area contributed by atoms with Crippen molar-refractivity contribution in [2.45, 2.75) is 46.2 Å². The molecule has 3 rings (SSSR count). The molecule has 1 aliphatic carbocycles. The first-order valence-corrected chi connectivity index (χ1v) is 8.44. The Labute approximate surface area is 142 Å². The number of aliphatic carboxylic acids is 1. The molecule has 5 heteroatoms. The van der Waals surface area contributed by atoms with Gasteiger partial charge >= 0.3 is 5.97 Å². The summed E-state index contributed by atoms with van der Waals surface area (Å²) >= 11 is 0. The van der Waals surface area contributed by atoms with Crippen LogP contribution in [0.2, 0.25) is 0 Å². The van der Waals surface area contributed by atoms with Gasteiger partial charge in [-0.25, -0.2) is 4.68 Å². The van der Waals surface area contributed by atoms with Crippen molar-refractivity contribution in [1.82, 2.24) is 14.7 Å². The van der Waals surface area contributed by atoms with Crippen molar-refractivity contribution in [2.24, 2.45) is 5.92 Å². The molecule has 1 unspecified atom stereocenters. The third-order valence-electron chi connectivity index (χ3n) is 4.99. The highest BCUT2D eigenvalue weighted by Gasteiger charge is 2.39. The fourth-order valence-electron chi connectivity index (χ4n) is 3.45. The molecule has 5 nitrogen and oxygen atoms in total. The largest absolute Gasteiger partial charge is 0.480 e. The van der Waals surface area contributed by atoms with E-state index in [2.05, 4.69) is 26.0 Å². The van der Waals surface area contributed by atoms with E-state index in [-0.39, 0.29) is 0 Å². The smallest absolute Gasteiger partial charge is 0.321 e. The lowest BCUT2D eigenvalue weighted by molar-refractivity contribution is -0.143. The van der Waals surface area contributed by atoms with E-state index in [1.54, 1.807) is 0 Å². The Hall–Kier alpha value is -2.14. The van der Waals surface area contributed by atoms with Gasteiger partial charge in [0.05, 0.1) is 11.4 Å². The molecule has 1 fully saturated rings. The van der Waals surface area contributed by atoms with Crippen LogP contribution in [0.3, 0.4) is 0 Å². The van der Waals surface area contributed by atoms with Crippen molar-refractivity contribution < 1.29 is 9.90 Å². The summed E-state index contributed by atoms with van der Waals surface area (Å²) in [5.74, 6) is -0.430. The molecule has 1 atom stereocenters. The van der Waals surface area contributed by atoms with Crippen LogP contribution in [0.25, 0.3) is 5.69 Å². The molecule has 0 bridgehead atoms. The van der Waals surface area contributed by atoms with E-state index in [0.29, 0.717) is 12.5 Å². The molecule has 2 aromatic rings. The van der Waals surface area contributed by atoms with Crippen molar-refractivity contribution in [3.63, 3.8) is 0 Å². The first-order valence-electron chi connectivity index (χ1n) is 8.44. The van der Waals surface area contributed by atoms with Crippen molar-refractivity contribution in [2.75, 3.05) is 7.05 Å². The Morgan fingerprint density at radius 2 is 2.00 bits per heavy atom. The fourth-order valence-corrected chi connectivity index (χ4v) is 3.45. The van der Waals surface area contributed by atoms with Gasteiger partial charge < -0.3 is 5.11 Å². The zero-order valence-electron chi connectivity index (χ0n) is 14.8. The van der Waals surface area contributed by atoms with Crippen molar-refractivity contribution >= 4 is 5.97 Å². The molecule has 24 heavy (non-hydrogen) atoms. The van der Waals surface area contributed by atoms with Crippen LogP contribution in [0, 0.1) is 26.7 Å². The molecule has 0 saturated heterocycles. The van der Waals surface area contributed by atoms with Gasteiger partial charge in [0.15, 0.2) is 0 Å². The van der Waals surface area contributed by atoms with Gasteiger partial charge in [-0.05, 0) is 58.2 Å². The number of rotatable bonds is 6. The van der Waals surface area contributed by atoms with Gasteiger partial charge in [-0.3, -0.25) is 9.69 Å². The molecular weight excluding hydrogens is 302 g/mol. The molecule has 0 spiro atoms. The second kappa shape index (κ2) is 6.40. The number of likely N-dealkylation sites (N-methyl/N-ethyl adjacent to an activating group) is 1. The van der Waals surface area contributed by atoms with Gasteiger partial charge in [0, 0.05) is 17.8 Å². The summed E-state index contributed by atoms with van der Waals surface area (Å²) in [7, 11) is 1.90. The Bertz CT molecular complexity index is 762. The number of aryl methyl sites for hydroxylation is 2. The highest BCUT2D eigenvalue weighted by molar-refractivity contribution is 5.74. The minimum atomic E-state index is -0.721. The van der Waals surface area contributed by atoms with E-state index >= 15 is 0 Å². The van der Waals surface area contributed by atoms with Crippen LogP contribution < -0.4 is 0 Å². The van der Waals surface area contributed by atoms with Crippen LogP contribution in [0.15, 0.2) is 24.3 Å². The van der Waals surface area contributed by atoms with Crippen LogP contribution in [-0.4, -0.2) is 38.8 Å². The molecule has 1 N–H and O–H groups in total. The summed E-state index contributed by atoms with van der Waals surface area (Å²) in [4.78, 5) is 13.5. The van der Waals surface area contributed by atoms with Crippen LogP contribution in [-0.2, 0) is 11.3 Å². The van der Waals surface area contributed by atoms with Gasteiger partial charge in [0.1, 0.15) is 6.04 Å². The quantitative estimate of drug-likeness (QED) is 0.886. The minimum absolute atomic E-state index is 0.291. The second-order valence-electron chi connectivity index (χ2n) is 6.88. The lowest BCUT2D eigenvalue weighted by Crippen LogP contribution is -2.39. The van der Waals surface area contributed by atoms with E-state index < -0.39 is 12.0 Å². The molecule has 0 amide bonds. The molecule has 128 valence electrons. The summed E-state index contributed by atoms with van der Waals surface area (Å²) in [5.41, 5.74) is 5.40. The van der Waals surface area contributed by atoms with Crippen LogP contribution in [0.1, 0.15) is 35.4 Å². The molecular formula is C19H25N3O2. The first kappa shape index (κ1) is 16.7. The summed E-state index contributed by atoms with van der Waals surface area (Å²) in [6.45, 7) is 6.74. The molecule has 1 heterocycles. The average Bonchev–Trinajstić information content (AvgIpc) is 3.30. The van der Waals surface area contributed by atoms with E-state index in [1.807, 2.05) is 35.7 Å². The minimum Gasteiger partial charge on any atom is -0.480 e. The van der Waals surface area contributed by atoms with E-state index in [9.17, 15) is 9.90 Å². The van der Waals surface area contributed by atoms with Crippen LogP contribution in [0.4, 0.5) is 0 Å². The van der Waals surface area contributed by atoms with Crippen molar-refractivity contribution in [1.29, 1.82) is 0 Å². The monoisotopic (exact) mass is 327 g/mol. The maximum Gasteiger partial charge on any atom is 0.321 e. The van der Waals surface area contributed by atoms with Gasteiger partial charge in [0.25, 0.3) is 0 Å². The number of carboxylic acids is 1. The third-order valence-corrected chi connectivity index (χ3v) is 4.99. The van der Waals surface area contributed by atoms with Gasteiger partial charge in [-0.15, -0.1) is 0 Å². The standard InChI is InChI=1S/C19H25N3O2/c1-12-7-5-6-8-17(12)22-14(3)16(13(2)20-22)11-21(4)18(19(23)24)15-9-10-15/h5-8,15,18H,9-11H2,1-4H3,(H,23,24). The molecule has 1 aliphatic rings. The lowest BCUT2D eigenvalue weighted by atomic mass is 10.1. The Morgan fingerprint density at radius 3 is 2.58 bits per heavy atom. The highest BCUT2D eigenvalue weighted by Crippen LogP contribution is 2.36. The first-order chi connectivity index (χ1) is 11.4. The molecule has 1 saturated carbocycles. The van der Waals surface area contributed by atoms with E-state index in [0.717, 1.165) is 35.5 Å². The number of carboxylic acid groups (broad SMARTS) is 1. The maximum absolute atomic E-state index is 11.6. The number of benzene rings is 1. The van der Waals surface area contributed by atoms with Gasteiger partial charge in [0.2, 0.25) is 0 Å². The number of para-hydroxylation sites is 1. The molecule has 0 aliphatic heterocycles. The number of aromatic nitrogens is 2. The lowest BCUT2D eigenvalue weighted by Gasteiger charge is -2.24. The highest BCUT2D eigenvalue weighted by atomic mass is 16.4. The van der Waals surface area contributed by atoms with Crippen LogP contribution in [0.5, 0.6) is 0 Å². The van der Waals surface area contributed by atoms with Gasteiger partial charge in [-0.2, -0.15) is 5.10 Å². The topological polar surface area (TPSA) is 58.4 Å². The third kappa shape index (κ3) is 3.08. The maximum atomic E-state index is 11.6. The summed E-state index contributed by atoms with van der Waals surface area (Å²) in [6.07, 6.45) is 2.03. The van der Waals surface area contributed by atoms with E-state index in [1.165, 1.54) is 5.56 Å². The van der Waals surface area contributed by atoms with Crippen molar-refractivity contribution in [3.8, 4) is 5.69 Å². The number of nitrogens with zero attached hydrogens (tertiary/aromatic N) is 3. The van der Waals surface area contributed by atoms with E-state index in [4.69, 9.17) is 5.10 Å². The zero-order chi connectivity index (χ0) is 17.4. The zero-order valence-corrected chi connectivity index (χ0v) is 14.8. The number of carbonyl (C=O) groups is 1. The number of hydrogen-bond acceptors (Lipinski definition) is 3. The Kier molecular flexibility index (Phi) is 4.45. The fraction of sp³-hybridized carbons (Fsp3) is 0.474. The van der Waals surface area contributed by atoms with Crippen LogP contribution >= 0.6 is 0 Å². The average molecular weight is 327 g/mol. The SMILES string of the molecule is Cc1ccccc1-n1nc(C)c(CN(C)C(C(=O)O)C2CC2)c1C. The predicted octanol–water partition coefficient (Wildman–Crippen LogP) is 3.09. The number of hydrogen-bond donors (Lipinski definition) is 1. The van der Waals surface area contributed by atoms with Crippen molar-refractivity contribution in [3.05, 3.63) is 46.8 Å². The predicted molar refractivity (Wildman–Crippen MR) is 93.4 cm³/mol. The van der Waals surface area contributed by atoms with Gasteiger partial charge in [-0.1, -0.05) is 18.2 Å². The molecule has 0 radical (unpaired) electrons. The molecule has 1 aromatic carbocycles. The Morgan fingerprint density at radius 1 is 1.33 bits per heavy atom.